The molecule has 1 aliphatic heterocycles. The molecule has 0 radical (unpaired) electrons. The Hall–Kier alpha value is -0.280. The summed E-state index contributed by atoms with van der Waals surface area (Å²) in [7, 11) is 0. The van der Waals surface area contributed by atoms with Gasteiger partial charge in [-0.25, -0.2) is 0 Å². The Kier molecular flexibility index (Phi) is 8.65. The average molecular weight is 317 g/mol. The fourth-order valence-corrected chi connectivity index (χ4v) is 3.88. The van der Waals surface area contributed by atoms with Crippen LogP contribution in [0.3, 0.4) is 0 Å². The van der Waals surface area contributed by atoms with Crippen LogP contribution in [0, 0.1) is 17.8 Å². The highest BCUT2D eigenvalue weighted by atomic mass is 35.5. The first-order chi connectivity index (χ1) is 9.70. The molecule has 0 aromatic rings. The summed E-state index contributed by atoms with van der Waals surface area (Å²) in [5.74, 6) is 1.95. The van der Waals surface area contributed by atoms with E-state index in [1.807, 2.05) is 0 Å². The molecule has 0 bridgehead atoms. The number of carbonyl (C=O) groups is 1. The van der Waals surface area contributed by atoms with E-state index in [-0.39, 0.29) is 18.3 Å². The van der Waals surface area contributed by atoms with Gasteiger partial charge in [-0.3, -0.25) is 4.79 Å². The van der Waals surface area contributed by atoms with Crippen LogP contribution in [-0.4, -0.2) is 25.0 Å². The first-order valence-electron chi connectivity index (χ1n) is 8.71. The van der Waals surface area contributed by atoms with Crippen LogP contribution < -0.4 is 10.6 Å². The van der Waals surface area contributed by atoms with Gasteiger partial charge in [0.05, 0.1) is 0 Å². The zero-order chi connectivity index (χ0) is 14.4. The smallest absolute Gasteiger partial charge is 0.223 e. The maximum absolute atomic E-state index is 12.6. The van der Waals surface area contributed by atoms with E-state index >= 15 is 0 Å². The summed E-state index contributed by atoms with van der Waals surface area (Å²) in [6.07, 6.45) is 9.81. The van der Waals surface area contributed by atoms with Gasteiger partial charge in [0.15, 0.2) is 0 Å². The highest BCUT2D eigenvalue weighted by Crippen LogP contribution is 2.32. The molecule has 21 heavy (non-hydrogen) atoms. The van der Waals surface area contributed by atoms with Crippen molar-refractivity contribution in [3.8, 4) is 0 Å². The molecular formula is C17H33ClN2O. The lowest BCUT2D eigenvalue weighted by Gasteiger charge is -2.32. The van der Waals surface area contributed by atoms with Crippen LogP contribution in [0.5, 0.6) is 0 Å². The summed E-state index contributed by atoms with van der Waals surface area (Å²) in [4.78, 5) is 12.6. The summed E-state index contributed by atoms with van der Waals surface area (Å²) in [5.41, 5.74) is 0. The summed E-state index contributed by atoms with van der Waals surface area (Å²) in [5, 5.41) is 6.75. The maximum atomic E-state index is 12.6. The molecule has 2 fully saturated rings. The van der Waals surface area contributed by atoms with Crippen LogP contribution in [0.15, 0.2) is 0 Å². The lowest BCUT2D eigenvalue weighted by molar-refractivity contribution is -0.127. The zero-order valence-corrected chi connectivity index (χ0v) is 14.5. The number of hydrogen-bond acceptors (Lipinski definition) is 2. The lowest BCUT2D eigenvalue weighted by atomic mass is 9.88. The van der Waals surface area contributed by atoms with Gasteiger partial charge in [0.25, 0.3) is 0 Å². The van der Waals surface area contributed by atoms with E-state index in [0.29, 0.717) is 17.9 Å². The van der Waals surface area contributed by atoms with Gasteiger partial charge in [-0.05, 0) is 44.2 Å². The van der Waals surface area contributed by atoms with Gasteiger partial charge < -0.3 is 10.6 Å². The summed E-state index contributed by atoms with van der Waals surface area (Å²) >= 11 is 0. The number of halogens is 1. The first kappa shape index (κ1) is 18.8. The van der Waals surface area contributed by atoms with E-state index in [0.717, 1.165) is 44.7 Å². The predicted molar refractivity (Wildman–Crippen MR) is 90.8 cm³/mol. The Morgan fingerprint density at radius 3 is 2.62 bits per heavy atom. The van der Waals surface area contributed by atoms with Crippen molar-refractivity contribution in [3.63, 3.8) is 0 Å². The molecule has 3 atom stereocenters. The van der Waals surface area contributed by atoms with Gasteiger partial charge in [0.1, 0.15) is 0 Å². The van der Waals surface area contributed by atoms with Crippen molar-refractivity contribution < 1.29 is 4.79 Å². The average Bonchev–Trinajstić information content (AvgIpc) is 2.94. The van der Waals surface area contributed by atoms with Crippen LogP contribution >= 0.6 is 12.4 Å². The largest absolute Gasteiger partial charge is 0.353 e. The van der Waals surface area contributed by atoms with Crippen molar-refractivity contribution in [1.29, 1.82) is 0 Å². The minimum Gasteiger partial charge on any atom is -0.353 e. The summed E-state index contributed by atoms with van der Waals surface area (Å²) in [6.45, 7) is 6.51. The SMILES string of the molecule is CCCC(CC1CCCC1)C(=O)NC1CCNCC1C.Cl. The predicted octanol–water partition coefficient (Wildman–Crippen LogP) is 3.52. The minimum atomic E-state index is 0. The molecule has 1 heterocycles. The summed E-state index contributed by atoms with van der Waals surface area (Å²) < 4.78 is 0. The number of amides is 1. The number of nitrogens with one attached hydrogen (secondary N) is 2. The normalized spacial score (nSPS) is 27.9. The quantitative estimate of drug-likeness (QED) is 0.787. The van der Waals surface area contributed by atoms with E-state index in [4.69, 9.17) is 0 Å². The molecule has 0 spiro atoms. The Balaban J connectivity index is 0.00000220. The van der Waals surface area contributed by atoms with Crippen molar-refractivity contribution in [2.24, 2.45) is 17.8 Å². The molecule has 0 aromatic carbocycles. The monoisotopic (exact) mass is 316 g/mol. The molecule has 1 saturated carbocycles. The van der Waals surface area contributed by atoms with Crippen LogP contribution in [0.2, 0.25) is 0 Å². The molecule has 2 aliphatic rings. The first-order valence-corrected chi connectivity index (χ1v) is 8.71. The van der Waals surface area contributed by atoms with Gasteiger partial charge in [-0.1, -0.05) is 46.0 Å². The van der Waals surface area contributed by atoms with Gasteiger partial charge in [0.2, 0.25) is 5.91 Å². The third kappa shape index (κ3) is 5.78. The Bertz CT molecular complexity index is 305. The van der Waals surface area contributed by atoms with Gasteiger partial charge in [-0.2, -0.15) is 0 Å². The standard InChI is InChI=1S/C17H32N2O.ClH/c1-3-6-15(11-14-7-4-5-8-14)17(20)19-16-9-10-18-12-13(16)2;/h13-16,18H,3-12H2,1-2H3,(H,19,20);1H. The maximum Gasteiger partial charge on any atom is 0.223 e. The van der Waals surface area contributed by atoms with Crippen LogP contribution in [0.25, 0.3) is 0 Å². The molecule has 2 N–H and O–H groups in total. The van der Waals surface area contributed by atoms with Crippen molar-refractivity contribution in [2.75, 3.05) is 13.1 Å². The Labute approximate surface area is 136 Å². The van der Waals surface area contributed by atoms with E-state index in [1.165, 1.54) is 25.7 Å². The molecule has 1 aliphatic carbocycles. The highest BCUT2D eigenvalue weighted by molar-refractivity contribution is 5.85. The second-order valence-corrected chi connectivity index (χ2v) is 6.96. The topological polar surface area (TPSA) is 41.1 Å². The van der Waals surface area contributed by atoms with Gasteiger partial charge in [-0.15, -0.1) is 12.4 Å². The molecule has 1 amide bonds. The fourth-order valence-electron chi connectivity index (χ4n) is 3.88. The highest BCUT2D eigenvalue weighted by Gasteiger charge is 2.28. The van der Waals surface area contributed by atoms with E-state index in [1.54, 1.807) is 0 Å². The van der Waals surface area contributed by atoms with E-state index < -0.39 is 0 Å². The van der Waals surface area contributed by atoms with Crippen LogP contribution in [0.4, 0.5) is 0 Å². The van der Waals surface area contributed by atoms with E-state index in [9.17, 15) is 4.79 Å². The number of piperidine rings is 1. The van der Waals surface area contributed by atoms with Crippen molar-refractivity contribution >= 4 is 18.3 Å². The Morgan fingerprint density at radius 2 is 2.00 bits per heavy atom. The number of rotatable bonds is 6. The molecule has 0 aromatic heterocycles. The molecular weight excluding hydrogens is 284 g/mol. The fraction of sp³-hybridized carbons (Fsp3) is 0.941. The van der Waals surface area contributed by atoms with Gasteiger partial charge in [0, 0.05) is 12.0 Å². The molecule has 1 saturated heterocycles. The number of carbonyl (C=O) groups excluding carboxylic acids is 1. The zero-order valence-electron chi connectivity index (χ0n) is 13.7. The van der Waals surface area contributed by atoms with Gasteiger partial charge >= 0.3 is 0 Å². The van der Waals surface area contributed by atoms with Crippen LogP contribution in [0.1, 0.15) is 65.2 Å². The minimum absolute atomic E-state index is 0. The van der Waals surface area contributed by atoms with Crippen molar-refractivity contribution in [2.45, 2.75) is 71.3 Å². The third-order valence-electron chi connectivity index (χ3n) is 5.21. The van der Waals surface area contributed by atoms with Crippen molar-refractivity contribution in [3.05, 3.63) is 0 Å². The Morgan fingerprint density at radius 1 is 1.29 bits per heavy atom. The number of hydrogen-bond donors (Lipinski definition) is 2. The summed E-state index contributed by atoms with van der Waals surface area (Å²) in [6, 6.07) is 0.381. The molecule has 124 valence electrons. The second kappa shape index (κ2) is 9.68. The van der Waals surface area contributed by atoms with Crippen LogP contribution in [-0.2, 0) is 4.79 Å². The lowest BCUT2D eigenvalue weighted by Crippen LogP contribution is -2.50. The second-order valence-electron chi connectivity index (χ2n) is 6.96. The molecule has 2 rings (SSSR count). The molecule has 4 heteroatoms. The van der Waals surface area contributed by atoms with Crippen molar-refractivity contribution in [1.82, 2.24) is 10.6 Å². The third-order valence-corrected chi connectivity index (χ3v) is 5.21. The molecule has 3 nitrogen and oxygen atoms in total. The van der Waals surface area contributed by atoms with E-state index in [2.05, 4.69) is 24.5 Å². The molecule has 3 unspecified atom stereocenters.